The van der Waals surface area contributed by atoms with Crippen LogP contribution in [-0.2, 0) is 17.6 Å². The number of ether oxygens (including phenoxy) is 1. The van der Waals surface area contributed by atoms with Crippen LogP contribution < -0.4 is 16.0 Å². The Morgan fingerprint density at radius 1 is 1.05 bits per heavy atom. The van der Waals surface area contributed by atoms with E-state index in [-0.39, 0.29) is 23.4 Å². The SMILES string of the molecule is O=C(NCCN1CCOCC1)c1cccc(Nc2ncc([N+](=O)[O-])c(Nc3ccc4c(c3)CCC4)n2)c1. The maximum atomic E-state index is 12.7. The van der Waals surface area contributed by atoms with E-state index < -0.39 is 4.92 Å². The highest BCUT2D eigenvalue weighted by Gasteiger charge is 2.19. The summed E-state index contributed by atoms with van der Waals surface area (Å²) in [6, 6.07) is 12.9. The van der Waals surface area contributed by atoms with Crippen LogP contribution in [0.2, 0.25) is 0 Å². The summed E-state index contributed by atoms with van der Waals surface area (Å²) in [5, 5.41) is 20.7. The van der Waals surface area contributed by atoms with Gasteiger partial charge in [0.05, 0.1) is 18.1 Å². The summed E-state index contributed by atoms with van der Waals surface area (Å²) in [5.74, 6) is 0.0945. The van der Waals surface area contributed by atoms with E-state index in [2.05, 4.69) is 30.8 Å². The van der Waals surface area contributed by atoms with Gasteiger partial charge in [0.2, 0.25) is 11.8 Å². The Balaban J connectivity index is 1.26. The molecule has 0 atom stereocenters. The number of aryl methyl sites for hydroxylation is 2. The predicted molar refractivity (Wildman–Crippen MR) is 140 cm³/mol. The fourth-order valence-electron chi connectivity index (χ4n) is 4.57. The van der Waals surface area contributed by atoms with Crippen molar-refractivity contribution in [3.63, 3.8) is 0 Å². The number of anilines is 4. The first-order valence-corrected chi connectivity index (χ1v) is 12.4. The van der Waals surface area contributed by atoms with Gasteiger partial charge >= 0.3 is 5.69 Å². The van der Waals surface area contributed by atoms with Gasteiger partial charge in [-0.2, -0.15) is 4.98 Å². The minimum atomic E-state index is -0.513. The van der Waals surface area contributed by atoms with E-state index in [1.54, 1.807) is 24.3 Å². The largest absolute Gasteiger partial charge is 0.379 e. The molecule has 2 heterocycles. The van der Waals surface area contributed by atoms with Gasteiger partial charge in [0.1, 0.15) is 6.20 Å². The average Bonchev–Trinajstić information content (AvgIpc) is 3.37. The van der Waals surface area contributed by atoms with Crippen LogP contribution in [0.25, 0.3) is 0 Å². The highest BCUT2D eigenvalue weighted by molar-refractivity contribution is 5.95. The molecule has 1 aliphatic heterocycles. The Morgan fingerprint density at radius 2 is 1.86 bits per heavy atom. The third kappa shape index (κ3) is 6.19. The highest BCUT2D eigenvalue weighted by atomic mass is 16.6. The fraction of sp³-hybridized carbons (Fsp3) is 0.346. The molecule has 1 aliphatic carbocycles. The Morgan fingerprint density at radius 3 is 2.70 bits per heavy atom. The molecule has 0 radical (unpaired) electrons. The number of morpholine rings is 1. The van der Waals surface area contributed by atoms with Crippen LogP contribution in [0.4, 0.5) is 28.8 Å². The van der Waals surface area contributed by atoms with Crippen molar-refractivity contribution >= 4 is 34.7 Å². The monoisotopic (exact) mass is 503 g/mol. The van der Waals surface area contributed by atoms with Crippen LogP contribution in [0.3, 0.4) is 0 Å². The maximum absolute atomic E-state index is 12.7. The summed E-state index contributed by atoms with van der Waals surface area (Å²) in [7, 11) is 0. The number of carbonyl (C=O) groups is 1. The lowest BCUT2D eigenvalue weighted by Gasteiger charge is -2.26. The van der Waals surface area contributed by atoms with Gasteiger partial charge in [-0.3, -0.25) is 19.8 Å². The van der Waals surface area contributed by atoms with Crippen molar-refractivity contribution in [3.05, 3.63) is 75.5 Å². The smallest absolute Gasteiger partial charge is 0.329 e. The quantitative estimate of drug-likeness (QED) is 0.296. The molecule has 0 unspecified atom stereocenters. The molecule has 0 saturated carbocycles. The Bertz CT molecular complexity index is 1290. The molecule has 2 aromatic carbocycles. The zero-order chi connectivity index (χ0) is 25.6. The van der Waals surface area contributed by atoms with Crippen LogP contribution in [0.5, 0.6) is 0 Å². The van der Waals surface area contributed by atoms with Crippen molar-refractivity contribution < 1.29 is 14.5 Å². The molecule has 192 valence electrons. The minimum Gasteiger partial charge on any atom is -0.379 e. The fourth-order valence-corrected chi connectivity index (χ4v) is 4.57. The zero-order valence-electron chi connectivity index (χ0n) is 20.4. The van der Waals surface area contributed by atoms with Crippen LogP contribution in [0, 0.1) is 10.1 Å². The van der Waals surface area contributed by atoms with Crippen molar-refractivity contribution in [2.24, 2.45) is 0 Å². The van der Waals surface area contributed by atoms with Crippen LogP contribution in [0.15, 0.2) is 48.7 Å². The van der Waals surface area contributed by atoms with Crippen LogP contribution >= 0.6 is 0 Å². The van der Waals surface area contributed by atoms with Gasteiger partial charge in [-0.25, -0.2) is 4.98 Å². The molecular weight excluding hydrogens is 474 g/mol. The molecule has 37 heavy (non-hydrogen) atoms. The van der Waals surface area contributed by atoms with Gasteiger partial charge in [-0.05, 0) is 60.7 Å². The minimum absolute atomic E-state index is 0.0949. The first kappa shape index (κ1) is 24.6. The van der Waals surface area contributed by atoms with Gasteiger partial charge in [0.25, 0.3) is 5.91 Å². The number of carbonyl (C=O) groups excluding carboxylic acids is 1. The topological polar surface area (TPSA) is 135 Å². The number of nitrogens with zero attached hydrogens (tertiary/aromatic N) is 4. The molecular formula is C26H29N7O4. The normalized spacial score (nSPS) is 15.1. The van der Waals surface area contributed by atoms with E-state index >= 15 is 0 Å². The highest BCUT2D eigenvalue weighted by Crippen LogP contribution is 2.30. The van der Waals surface area contributed by atoms with Gasteiger partial charge in [-0.15, -0.1) is 0 Å². The number of nitrogens with one attached hydrogen (secondary N) is 3. The average molecular weight is 504 g/mol. The standard InChI is InChI=1S/C26H29N7O4/c34-25(27-9-10-32-11-13-37-14-12-32)20-5-2-6-21(16-20)30-26-28-17-23(33(35)36)24(31-26)29-22-8-7-18-3-1-4-19(18)15-22/h2,5-8,15-17H,1,3-4,9-14H2,(H,27,34)(H2,28,29,30,31). The van der Waals surface area contributed by atoms with E-state index in [9.17, 15) is 14.9 Å². The second-order valence-corrected chi connectivity index (χ2v) is 9.06. The third-order valence-corrected chi connectivity index (χ3v) is 6.53. The zero-order valence-corrected chi connectivity index (χ0v) is 20.4. The molecule has 1 aromatic heterocycles. The number of aromatic nitrogens is 2. The van der Waals surface area contributed by atoms with Crippen molar-refractivity contribution in [1.29, 1.82) is 0 Å². The molecule has 3 N–H and O–H groups in total. The lowest BCUT2D eigenvalue weighted by Crippen LogP contribution is -2.41. The summed E-state index contributed by atoms with van der Waals surface area (Å²) in [4.78, 5) is 34.5. The third-order valence-electron chi connectivity index (χ3n) is 6.53. The summed E-state index contributed by atoms with van der Waals surface area (Å²) < 4.78 is 5.35. The molecule has 2 aliphatic rings. The van der Waals surface area contributed by atoms with Gasteiger partial charge in [0.15, 0.2) is 0 Å². The van der Waals surface area contributed by atoms with Crippen molar-refractivity contribution in [1.82, 2.24) is 20.2 Å². The molecule has 11 heteroatoms. The molecule has 0 bridgehead atoms. The maximum Gasteiger partial charge on any atom is 0.329 e. The van der Waals surface area contributed by atoms with E-state index in [1.807, 2.05) is 18.2 Å². The number of hydrogen-bond donors (Lipinski definition) is 3. The lowest BCUT2D eigenvalue weighted by atomic mass is 10.1. The second kappa shape index (κ2) is 11.3. The van der Waals surface area contributed by atoms with E-state index in [1.165, 1.54) is 17.3 Å². The first-order chi connectivity index (χ1) is 18.0. The Labute approximate surface area is 214 Å². The van der Waals surface area contributed by atoms with Crippen molar-refractivity contribution in [2.75, 3.05) is 50.0 Å². The number of rotatable bonds is 9. The van der Waals surface area contributed by atoms with E-state index in [4.69, 9.17) is 4.74 Å². The lowest BCUT2D eigenvalue weighted by molar-refractivity contribution is -0.384. The predicted octanol–water partition coefficient (Wildman–Crippen LogP) is 3.42. The van der Waals surface area contributed by atoms with Crippen molar-refractivity contribution in [3.8, 4) is 0 Å². The molecule has 5 rings (SSSR count). The van der Waals surface area contributed by atoms with E-state index in [0.29, 0.717) is 17.8 Å². The number of nitro groups is 1. The number of benzene rings is 2. The van der Waals surface area contributed by atoms with E-state index in [0.717, 1.165) is 57.8 Å². The molecule has 1 amide bonds. The first-order valence-electron chi connectivity index (χ1n) is 12.4. The summed E-state index contributed by atoms with van der Waals surface area (Å²) in [6.07, 6.45) is 4.35. The van der Waals surface area contributed by atoms with Gasteiger partial charge in [0, 0.05) is 43.1 Å². The summed E-state index contributed by atoms with van der Waals surface area (Å²) in [6.45, 7) is 4.48. The number of fused-ring (bicyclic) bond motifs is 1. The number of amides is 1. The molecule has 1 fully saturated rings. The Hall–Kier alpha value is -4.09. The second-order valence-electron chi connectivity index (χ2n) is 9.06. The summed E-state index contributed by atoms with van der Waals surface area (Å²) >= 11 is 0. The van der Waals surface area contributed by atoms with Gasteiger partial charge in [-0.1, -0.05) is 12.1 Å². The molecule has 3 aromatic rings. The molecule has 0 spiro atoms. The molecule has 1 saturated heterocycles. The Kier molecular flexibility index (Phi) is 7.52. The summed E-state index contributed by atoms with van der Waals surface area (Å²) in [5.41, 5.74) is 4.17. The van der Waals surface area contributed by atoms with Crippen LogP contribution in [0.1, 0.15) is 27.9 Å². The number of hydrogen-bond acceptors (Lipinski definition) is 9. The van der Waals surface area contributed by atoms with Crippen LogP contribution in [-0.4, -0.2) is 65.1 Å². The molecule has 11 nitrogen and oxygen atoms in total. The van der Waals surface area contributed by atoms with Crippen molar-refractivity contribution in [2.45, 2.75) is 19.3 Å². The van der Waals surface area contributed by atoms with Gasteiger partial charge < -0.3 is 20.7 Å².